The van der Waals surface area contributed by atoms with Crippen molar-refractivity contribution in [2.45, 2.75) is 70.2 Å². The predicted octanol–water partition coefficient (Wildman–Crippen LogP) is 0.773. The number of hydrogen-bond donors (Lipinski definition) is 3. The van der Waals surface area contributed by atoms with Gasteiger partial charge in [0, 0.05) is 44.7 Å². The molecule has 1 saturated carbocycles. The van der Waals surface area contributed by atoms with Gasteiger partial charge in [-0.25, -0.2) is 4.68 Å². The van der Waals surface area contributed by atoms with Crippen molar-refractivity contribution in [2.75, 3.05) is 13.1 Å². The highest BCUT2D eigenvalue weighted by Crippen LogP contribution is 2.31. The lowest BCUT2D eigenvalue weighted by Gasteiger charge is -2.28. The number of rotatable bonds is 8. The molecule has 3 unspecified atom stereocenters. The second-order valence-corrected chi connectivity index (χ2v) is 9.05. The SMILES string of the molecule is O=C(CCCn1nnnc1CN1CCc2ccccc2C1)NCC1NNC2CCCC21. The number of hydrogen-bond acceptors (Lipinski definition) is 7. The minimum atomic E-state index is 0.102. The van der Waals surface area contributed by atoms with E-state index >= 15 is 0 Å². The Morgan fingerprint density at radius 2 is 2.10 bits per heavy atom. The number of tetrazole rings is 1. The monoisotopic (exact) mass is 424 g/mol. The summed E-state index contributed by atoms with van der Waals surface area (Å²) in [7, 11) is 0. The molecule has 0 radical (unpaired) electrons. The standard InChI is InChI=1S/C22H32N8O/c31-22(23-13-20-18-7-3-8-19(18)24-25-20)9-4-11-30-21(26-27-28-30)15-29-12-10-16-5-1-2-6-17(16)14-29/h1-2,5-6,18-20,24-25H,3-4,7-15H2,(H,23,31). The number of hydrazine groups is 1. The van der Waals surface area contributed by atoms with Crippen LogP contribution in [0.2, 0.25) is 0 Å². The Bertz CT molecular complexity index is 899. The van der Waals surface area contributed by atoms with Gasteiger partial charge in [-0.2, -0.15) is 0 Å². The summed E-state index contributed by atoms with van der Waals surface area (Å²) in [5.74, 6) is 1.62. The molecule has 2 aliphatic heterocycles. The van der Waals surface area contributed by atoms with Crippen LogP contribution in [-0.2, 0) is 30.8 Å². The van der Waals surface area contributed by atoms with E-state index in [1.165, 1.54) is 30.4 Å². The summed E-state index contributed by atoms with van der Waals surface area (Å²) in [4.78, 5) is 14.7. The highest BCUT2D eigenvalue weighted by atomic mass is 16.1. The fourth-order valence-corrected chi connectivity index (χ4v) is 5.27. The summed E-state index contributed by atoms with van der Waals surface area (Å²) in [6, 6.07) is 9.55. The Balaban J connectivity index is 1.05. The van der Waals surface area contributed by atoms with Crippen LogP contribution in [0.4, 0.5) is 0 Å². The summed E-state index contributed by atoms with van der Waals surface area (Å²) in [6.07, 6.45) is 6.05. The van der Waals surface area contributed by atoms with Gasteiger partial charge >= 0.3 is 0 Å². The average Bonchev–Trinajstić information content (AvgIpc) is 3.51. The van der Waals surface area contributed by atoms with Crippen molar-refractivity contribution in [2.24, 2.45) is 5.92 Å². The Morgan fingerprint density at radius 1 is 1.19 bits per heavy atom. The van der Waals surface area contributed by atoms with Gasteiger partial charge in [-0.05, 0) is 53.2 Å². The first kappa shape index (κ1) is 20.5. The summed E-state index contributed by atoms with van der Waals surface area (Å²) in [5.41, 5.74) is 9.54. The van der Waals surface area contributed by atoms with Crippen LogP contribution in [0, 0.1) is 5.92 Å². The Labute approximate surface area is 182 Å². The number of aromatic nitrogens is 4. The first-order valence-electron chi connectivity index (χ1n) is 11.6. The van der Waals surface area contributed by atoms with Crippen molar-refractivity contribution in [1.29, 1.82) is 0 Å². The molecule has 3 heterocycles. The molecular weight excluding hydrogens is 392 g/mol. The summed E-state index contributed by atoms with van der Waals surface area (Å²) in [6.45, 7) is 4.03. The zero-order chi connectivity index (χ0) is 21.0. The largest absolute Gasteiger partial charge is 0.354 e. The minimum absolute atomic E-state index is 0.102. The van der Waals surface area contributed by atoms with E-state index in [1.54, 1.807) is 0 Å². The van der Waals surface area contributed by atoms with Crippen LogP contribution >= 0.6 is 0 Å². The third-order valence-electron chi connectivity index (χ3n) is 7.01. The maximum absolute atomic E-state index is 12.3. The van der Waals surface area contributed by atoms with Gasteiger partial charge in [-0.1, -0.05) is 30.7 Å². The van der Waals surface area contributed by atoms with Gasteiger partial charge in [-0.3, -0.25) is 20.5 Å². The topological polar surface area (TPSA) is 100 Å². The van der Waals surface area contributed by atoms with E-state index in [0.29, 0.717) is 37.5 Å². The van der Waals surface area contributed by atoms with Gasteiger partial charge in [0.2, 0.25) is 5.91 Å². The van der Waals surface area contributed by atoms with Crippen LogP contribution in [-0.4, -0.2) is 56.2 Å². The molecule has 1 aromatic carbocycles. The van der Waals surface area contributed by atoms with E-state index in [0.717, 1.165) is 38.3 Å². The number of amides is 1. The zero-order valence-electron chi connectivity index (χ0n) is 18.0. The molecule has 0 spiro atoms. The van der Waals surface area contributed by atoms with E-state index in [4.69, 9.17) is 0 Å². The molecule has 3 N–H and O–H groups in total. The predicted molar refractivity (Wildman–Crippen MR) is 116 cm³/mol. The van der Waals surface area contributed by atoms with Crippen LogP contribution in [0.5, 0.6) is 0 Å². The molecule has 1 aliphatic carbocycles. The number of fused-ring (bicyclic) bond motifs is 2. The second-order valence-electron chi connectivity index (χ2n) is 9.05. The maximum atomic E-state index is 12.3. The van der Waals surface area contributed by atoms with Crippen molar-refractivity contribution >= 4 is 5.91 Å². The van der Waals surface area contributed by atoms with Gasteiger partial charge in [-0.15, -0.1) is 5.10 Å². The van der Waals surface area contributed by atoms with E-state index in [-0.39, 0.29) is 5.91 Å². The van der Waals surface area contributed by atoms with Crippen LogP contribution in [0.15, 0.2) is 24.3 Å². The van der Waals surface area contributed by atoms with Crippen molar-refractivity contribution in [3.8, 4) is 0 Å². The number of aryl methyl sites for hydroxylation is 1. The van der Waals surface area contributed by atoms with Crippen LogP contribution < -0.4 is 16.2 Å². The Hall–Kier alpha value is -2.36. The van der Waals surface area contributed by atoms with E-state index in [9.17, 15) is 4.79 Å². The van der Waals surface area contributed by atoms with Crippen molar-refractivity contribution in [1.82, 2.24) is 41.3 Å². The third kappa shape index (κ3) is 4.78. The van der Waals surface area contributed by atoms with Gasteiger partial charge in [0.15, 0.2) is 5.82 Å². The number of nitrogens with one attached hydrogen (secondary N) is 3. The molecule has 2 aromatic rings. The van der Waals surface area contributed by atoms with Crippen molar-refractivity contribution in [3.63, 3.8) is 0 Å². The molecule has 0 bridgehead atoms. The van der Waals surface area contributed by atoms with E-state index in [2.05, 4.69) is 60.9 Å². The molecule has 2 fully saturated rings. The van der Waals surface area contributed by atoms with Gasteiger partial charge < -0.3 is 5.32 Å². The van der Waals surface area contributed by atoms with Gasteiger partial charge in [0.1, 0.15) is 0 Å². The number of carbonyl (C=O) groups is 1. The number of carbonyl (C=O) groups excluding carboxylic acids is 1. The summed E-state index contributed by atoms with van der Waals surface area (Å²) >= 11 is 0. The first-order valence-corrected chi connectivity index (χ1v) is 11.6. The molecule has 1 saturated heterocycles. The van der Waals surface area contributed by atoms with E-state index < -0.39 is 0 Å². The first-order chi connectivity index (χ1) is 15.3. The molecule has 31 heavy (non-hydrogen) atoms. The van der Waals surface area contributed by atoms with E-state index in [1.807, 2.05) is 4.68 Å². The minimum Gasteiger partial charge on any atom is -0.354 e. The molecule has 9 heteroatoms. The van der Waals surface area contributed by atoms with Gasteiger partial charge in [0.25, 0.3) is 0 Å². The third-order valence-corrected chi connectivity index (χ3v) is 7.01. The van der Waals surface area contributed by atoms with Crippen LogP contribution in [0.25, 0.3) is 0 Å². The Morgan fingerprint density at radius 3 is 3.03 bits per heavy atom. The molecule has 1 amide bonds. The number of nitrogens with zero attached hydrogens (tertiary/aromatic N) is 5. The zero-order valence-corrected chi connectivity index (χ0v) is 18.0. The average molecular weight is 425 g/mol. The summed E-state index contributed by atoms with van der Waals surface area (Å²) < 4.78 is 1.85. The lowest BCUT2D eigenvalue weighted by molar-refractivity contribution is -0.121. The number of benzene rings is 1. The van der Waals surface area contributed by atoms with Crippen LogP contribution in [0.3, 0.4) is 0 Å². The molecule has 9 nitrogen and oxygen atoms in total. The van der Waals surface area contributed by atoms with Crippen molar-refractivity contribution < 1.29 is 4.79 Å². The second kappa shape index (κ2) is 9.42. The highest BCUT2D eigenvalue weighted by molar-refractivity contribution is 5.75. The fourth-order valence-electron chi connectivity index (χ4n) is 5.27. The van der Waals surface area contributed by atoms with Crippen LogP contribution in [0.1, 0.15) is 49.1 Å². The smallest absolute Gasteiger partial charge is 0.220 e. The quantitative estimate of drug-likeness (QED) is 0.576. The lowest BCUT2D eigenvalue weighted by Crippen LogP contribution is -2.42. The normalized spacial score (nSPS) is 25.4. The molecule has 5 rings (SSSR count). The molecule has 1 aromatic heterocycles. The Kier molecular flexibility index (Phi) is 6.24. The van der Waals surface area contributed by atoms with Gasteiger partial charge in [0.05, 0.1) is 6.54 Å². The van der Waals surface area contributed by atoms with Crippen molar-refractivity contribution in [3.05, 3.63) is 41.2 Å². The maximum Gasteiger partial charge on any atom is 0.220 e. The highest BCUT2D eigenvalue weighted by Gasteiger charge is 2.38. The summed E-state index contributed by atoms with van der Waals surface area (Å²) in [5, 5.41) is 15.3. The molecule has 166 valence electrons. The fraction of sp³-hybridized carbons (Fsp3) is 0.636. The molecule has 3 atom stereocenters. The molecular formula is C22H32N8O. The lowest BCUT2D eigenvalue weighted by atomic mass is 9.97. The molecule has 3 aliphatic rings.